The summed E-state index contributed by atoms with van der Waals surface area (Å²) in [6, 6.07) is 5.73. The van der Waals surface area contributed by atoms with Gasteiger partial charge in [0.05, 0.1) is 23.3 Å². The van der Waals surface area contributed by atoms with Crippen molar-refractivity contribution in [1.29, 1.82) is 0 Å². The van der Waals surface area contributed by atoms with Crippen LogP contribution in [0.25, 0.3) is 5.57 Å². The third-order valence-electron chi connectivity index (χ3n) is 4.54. The summed E-state index contributed by atoms with van der Waals surface area (Å²) in [7, 11) is 1.11. The lowest BCUT2D eigenvalue weighted by Crippen LogP contribution is -2.25. The number of aliphatic imine (C=N–C) groups is 1. The van der Waals surface area contributed by atoms with Crippen molar-refractivity contribution >= 4 is 35.0 Å². The first-order valence-corrected chi connectivity index (χ1v) is 9.53. The highest BCUT2D eigenvalue weighted by molar-refractivity contribution is 6.34. The zero-order chi connectivity index (χ0) is 22.8. The average Bonchev–Trinajstić information content (AvgIpc) is 3.53. The average molecular weight is 456 g/mol. The van der Waals surface area contributed by atoms with Gasteiger partial charge in [-0.3, -0.25) is 4.79 Å². The Morgan fingerprint density at radius 2 is 2.00 bits per heavy atom. The number of halogens is 5. The number of amides is 1. The molecule has 1 aliphatic rings. The number of alkyl halides is 3. The van der Waals surface area contributed by atoms with Crippen LogP contribution < -0.4 is 15.8 Å². The van der Waals surface area contributed by atoms with E-state index in [1.165, 1.54) is 24.5 Å². The maximum atomic E-state index is 14.3. The maximum absolute atomic E-state index is 14.3. The first-order chi connectivity index (χ1) is 14.6. The predicted octanol–water partition coefficient (Wildman–Crippen LogP) is 5.10. The van der Waals surface area contributed by atoms with Crippen LogP contribution in [0.5, 0.6) is 5.75 Å². The van der Waals surface area contributed by atoms with Crippen molar-refractivity contribution in [1.82, 2.24) is 5.32 Å². The molecule has 1 fully saturated rings. The molecule has 0 bridgehead atoms. The Morgan fingerprint density at radius 3 is 2.58 bits per heavy atom. The molecule has 3 N–H and O–H groups in total. The van der Waals surface area contributed by atoms with Crippen LogP contribution in [0.3, 0.4) is 0 Å². The van der Waals surface area contributed by atoms with Gasteiger partial charge in [0.25, 0.3) is 5.91 Å². The zero-order valence-corrected chi connectivity index (χ0v) is 17.0. The Hall–Kier alpha value is -3.07. The van der Waals surface area contributed by atoms with Gasteiger partial charge in [-0.25, -0.2) is 9.38 Å². The third-order valence-corrected chi connectivity index (χ3v) is 4.87. The van der Waals surface area contributed by atoms with Crippen LogP contribution in [0.4, 0.5) is 23.2 Å². The number of methoxy groups -OCH3 is 1. The first kappa shape index (κ1) is 22.6. The molecule has 1 amide bonds. The molecule has 0 heterocycles. The Kier molecular flexibility index (Phi) is 6.54. The lowest BCUT2D eigenvalue weighted by Gasteiger charge is -2.12. The quantitative estimate of drug-likeness (QED) is 0.470. The number of nitrogens with two attached hydrogens (primary N) is 1. The highest BCUT2D eigenvalue weighted by atomic mass is 35.5. The SMILES string of the molecule is COc1cc(C(F)(F)F)cc(F)c1N=CC(=CN)c1ccc(Cl)c(C(=O)NC2CC2)c1. The Morgan fingerprint density at radius 1 is 1.29 bits per heavy atom. The van der Waals surface area contributed by atoms with Gasteiger partial charge in [0.2, 0.25) is 0 Å². The van der Waals surface area contributed by atoms with Crippen LogP contribution in [-0.4, -0.2) is 25.3 Å². The topological polar surface area (TPSA) is 76.7 Å². The summed E-state index contributed by atoms with van der Waals surface area (Å²) in [4.78, 5) is 16.3. The van der Waals surface area contributed by atoms with E-state index >= 15 is 0 Å². The van der Waals surface area contributed by atoms with Crippen molar-refractivity contribution in [3.8, 4) is 5.75 Å². The molecule has 0 radical (unpaired) electrons. The minimum absolute atomic E-state index is 0.133. The number of carbonyl (C=O) groups is 1. The van der Waals surface area contributed by atoms with Crippen molar-refractivity contribution in [2.24, 2.45) is 10.7 Å². The zero-order valence-electron chi connectivity index (χ0n) is 16.3. The van der Waals surface area contributed by atoms with Gasteiger partial charge in [-0.1, -0.05) is 17.7 Å². The number of nitrogens with one attached hydrogen (secondary N) is 1. The smallest absolute Gasteiger partial charge is 0.416 e. The molecule has 0 atom stereocenters. The summed E-state index contributed by atoms with van der Waals surface area (Å²) in [6.07, 6.45) is -0.586. The molecule has 1 aliphatic carbocycles. The molecular weight excluding hydrogens is 438 g/mol. The van der Waals surface area contributed by atoms with Gasteiger partial charge in [-0.2, -0.15) is 13.2 Å². The molecule has 5 nitrogen and oxygen atoms in total. The number of hydrogen-bond acceptors (Lipinski definition) is 4. The third kappa shape index (κ3) is 5.35. The van der Waals surface area contributed by atoms with Gasteiger partial charge in [-0.15, -0.1) is 0 Å². The first-order valence-electron chi connectivity index (χ1n) is 9.15. The monoisotopic (exact) mass is 455 g/mol. The molecule has 2 aromatic carbocycles. The lowest BCUT2D eigenvalue weighted by molar-refractivity contribution is -0.137. The fraction of sp³-hybridized carbons (Fsp3) is 0.238. The molecular formula is C21H18ClF4N3O2. The molecule has 164 valence electrons. The fourth-order valence-electron chi connectivity index (χ4n) is 2.74. The van der Waals surface area contributed by atoms with E-state index in [9.17, 15) is 22.4 Å². The summed E-state index contributed by atoms with van der Waals surface area (Å²) >= 11 is 6.12. The van der Waals surface area contributed by atoms with Crippen LogP contribution in [0.1, 0.15) is 34.3 Å². The van der Waals surface area contributed by atoms with Crippen molar-refractivity contribution in [2.45, 2.75) is 25.1 Å². The number of benzene rings is 2. The molecule has 0 aromatic heterocycles. The standard InChI is InChI=1S/C21H18ClF4N3O2/c1-31-18-8-13(21(24,25)26)7-17(23)19(18)28-10-12(9-27)11-2-5-16(22)15(6-11)20(30)29-14-3-4-14/h2,5-10,14H,3-4,27H2,1H3,(H,29,30). The van der Waals surface area contributed by atoms with E-state index in [1.807, 2.05) is 0 Å². The molecule has 0 saturated heterocycles. The summed E-state index contributed by atoms with van der Waals surface area (Å²) in [6.45, 7) is 0. The van der Waals surface area contributed by atoms with Crippen molar-refractivity contribution in [2.75, 3.05) is 7.11 Å². The Bertz CT molecular complexity index is 1060. The Balaban J connectivity index is 1.92. The molecule has 31 heavy (non-hydrogen) atoms. The number of nitrogens with zero attached hydrogens (tertiary/aromatic N) is 1. The summed E-state index contributed by atoms with van der Waals surface area (Å²) in [5, 5.41) is 3.07. The molecule has 0 unspecified atom stereocenters. The van der Waals surface area contributed by atoms with Gasteiger partial charge in [0.15, 0.2) is 5.82 Å². The van der Waals surface area contributed by atoms with Crippen molar-refractivity contribution < 1.29 is 27.1 Å². The fourth-order valence-corrected chi connectivity index (χ4v) is 2.94. The minimum Gasteiger partial charge on any atom is -0.494 e. The van der Waals surface area contributed by atoms with Crippen LogP contribution in [-0.2, 0) is 6.18 Å². The Labute approximate surface area is 180 Å². The van der Waals surface area contributed by atoms with E-state index in [1.54, 1.807) is 6.07 Å². The van der Waals surface area contributed by atoms with Crippen LogP contribution in [0, 0.1) is 5.82 Å². The summed E-state index contributed by atoms with van der Waals surface area (Å²) < 4.78 is 57.9. The molecule has 0 aliphatic heterocycles. The molecule has 1 saturated carbocycles. The maximum Gasteiger partial charge on any atom is 0.416 e. The molecule has 0 spiro atoms. The van der Waals surface area contributed by atoms with E-state index in [-0.39, 0.29) is 28.3 Å². The van der Waals surface area contributed by atoms with Crippen LogP contribution in [0.2, 0.25) is 5.02 Å². The van der Waals surface area contributed by atoms with Gasteiger partial charge in [0.1, 0.15) is 11.4 Å². The normalized spacial score (nSPS) is 14.7. The van der Waals surface area contributed by atoms with E-state index in [2.05, 4.69) is 10.3 Å². The number of carbonyl (C=O) groups excluding carboxylic acids is 1. The highest BCUT2D eigenvalue weighted by Crippen LogP contribution is 2.38. The molecule has 2 aromatic rings. The van der Waals surface area contributed by atoms with Crippen LogP contribution >= 0.6 is 11.6 Å². The van der Waals surface area contributed by atoms with Gasteiger partial charge >= 0.3 is 6.18 Å². The number of allylic oxidation sites excluding steroid dienone is 1. The van der Waals surface area contributed by atoms with E-state index in [0.29, 0.717) is 23.3 Å². The van der Waals surface area contributed by atoms with Crippen LogP contribution in [0.15, 0.2) is 41.5 Å². The molecule has 3 rings (SSSR count). The molecule has 10 heteroatoms. The second-order valence-corrected chi connectivity index (χ2v) is 7.24. The summed E-state index contributed by atoms with van der Waals surface area (Å²) in [5.74, 6) is -1.93. The second kappa shape index (κ2) is 8.97. The van der Waals surface area contributed by atoms with E-state index in [4.69, 9.17) is 22.1 Å². The highest BCUT2D eigenvalue weighted by Gasteiger charge is 2.32. The van der Waals surface area contributed by atoms with Crippen molar-refractivity contribution in [3.05, 3.63) is 64.1 Å². The number of hydrogen-bond donors (Lipinski definition) is 2. The minimum atomic E-state index is -4.74. The predicted molar refractivity (Wildman–Crippen MR) is 110 cm³/mol. The summed E-state index contributed by atoms with van der Waals surface area (Å²) in [5.41, 5.74) is 5.02. The number of ether oxygens (including phenoxy) is 1. The van der Waals surface area contributed by atoms with Crippen molar-refractivity contribution in [3.63, 3.8) is 0 Å². The van der Waals surface area contributed by atoms with Gasteiger partial charge < -0.3 is 15.8 Å². The van der Waals surface area contributed by atoms with E-state index < -0.39 is 23.2 Å². The number of rotatable bonds is 6. The largest absolute Gasteiger partial charge is 0.494 e. The lowest BCUT2D eigenvalue weighted by atomic mass is 10.0. The van der Waals surface area contributed by atoms with Gasteiger partial charge in [-0.05, 0) is 42.7 Å². The van der Waals surface area contributed by atoms with E-state index in [0.717, 1.165) is 20.0 Å². The van der Waals surface area contributed by atoms with Gasteiger partial charge in [0, 0.05) is 24.0 Å². The second-order valence-electron chi connectivity index (χ2n) is 6.83.